The van der Waals surface area contributed by atoms with Crippen LogP contribution >= 0.6 is 0 Å². The maximum atomic E-state index is 11.9. The van der Waals surface area contributed by atoms with E-state index in [0.717, 1.165) is 5.56 Å². The number of nitrogens with one attached hydrogen (secondary N) is 1. The van der Waals surface area contributed by atoms with Crippen molar-refractivity contribution in [2.45, 2.75) is 20.0 Å². The van der Waals surface area contributed by atoms with Gasteiger partial charge in [0.15, 0.2) is 6.10 Å². The van der Waals surface area contributed by atoms with Crippen LogP contribution in [-0.2, 0) is 4.79 Å². The minimum atomic E-state index is -0.579. The summed E-state index contributed by atoms with van der Waals surface area (Å²) in [7, 11) is 0. The van der Waals surface area contributed by atoms with Gasteiger partial charge in [0.25, 0.3) is 5.91 Å². The topological polar surface area (TPSA) is 51.2 Å². The SMILES string of the molecule is Cc1ccc(OC(C)C(=O)Nc2ccccn2)cc1. The molecule has 1 unspecified atom stereocenters. The quantitative estimate of drug-likeness (QED) is 0.915. The maximum Gasteiger partial charge on any atom is 0.266 e. The Bertz CT molecular complexity index is 538. The number of carbonyl (C=O) groups is 1. The number of nitrogens with zero attached hydrogens (tertiary/aromatic N) is 1. The average molecular weight is 256 g/mol. The van der Waals surface area contributed by atoms with Crippen molar-refractivity contribution in [2.24, 2.45) is 0 Å². The number of hydrogen-bond donors (Lipinski definition) is 1. The Morgan fingerprint density at radius 1 is 1.21 bits per heavy atom. The van der Waals surface area contributed by atoms with E-state index in [1.807, 2.05) is 37.3 Å². The molecule has 0 aliphatic carbocycles. The van der Waals surface area contributed by atoms with Crippen LogP contribution in [0.15, 0.2) is 48.7 Å². The summed E-state index contributed by atoms with van der Waals surface area (Å²) < 4.78 is 5.56. The van der Waals surface area contributed by atoms with Crippen molar-refractivity contribution in [1.29, 1.82) is 0 Å². The second-order valence-corrected chi connectivity index (χ2v) is 4.28. The van der Waals surface area contributed by atoms with E-state index in [9.17, 15) is 4.79 Å². The molecule has 1 N–H and O–H groups in total. The first-order chi connectivity index (χ1) is 9.15. The fraction of sp³-hybridized carbons (Fsp3) is 0.200. The van der Waals surface area contributed by atoms with Gasteiger partial charge < -0.3 is 10.1 Å². The van der Waals surface area contributed by atoms with Crippen LogP contribution < -0.4 is 10.1 Å². The number of anilines is 1. The highest BCUT2D eigenvalue weighted by Gasteiger charge is 2.14. The number of amides is 1. The Hall–Kier alpha value is -2.36. The van der Waals surface area contributed by atoms with Gasteiger partial charge >= 0.3 is 0 Å². The molecule has 1 heterocycles. The van der Waals surface area contributed by atoms with Gasteiger partial charge in [0.2, 0.25) is 0 Å². The van der Waals surface area contributed by atoms with Crippen LogP contribution in [0.4, 0.5) is 5.82 Å². The number of aryl methyl sites for hydroxylation is 1. The molecule has 19 heavy (non-hydrogen) atoms. The van der Waals surface area contributed by atoms with Gasteiger partial charge in [0.05, 0.1) is 0 Å². The first-order valence-corrected chi connectivity index (χ1v) is 6.10. The number of rotatable bonds is 4. The Morgan fingerprint density at radius 2 is 1.95 bits per heavy atom. The fourth-order valence-corrected chi connectivity index (χ4v) is 1.54. The van der Waals surface area contributed by atoms with Crippen LogP contribution in [0.3, 0.4) is 0 Å². The third-order valence-corrected chi connectivity index (χ3v) is 2.62. The number of benzene rings is 1. The minimum absolute atomic E-state index is 0.223. The molecule has 0 saturated carbocycles. The highest BCUT2D eigenvalue weighted by atomic mass is 16.5. The molecule has 4 heteroatoms. The predicted octanol–water partition coefficient (Wildman–Crippen LogP) is 2.80. The van der Waals surface area contributed by atoms with Crippen molar-refractivity contribution in [1.82, 2.24) is 4.98 Å². The highest BCUT2D eigenvalue weighted by Crippen LogP contribution is 2.14. The second-order valence-electron chi connectivity index (χ2n) is 4.28. The van der Waals surface area contributed by atoms with Gasteiger partial charge in [-0.1, -0.05) is 23.8 Å². The lowest BCUT2D eigenvalue weighted by atomic mass is 10.2. The Labute approximate surface area is 112 Å². The molecule has 0 fully saturated rings. The lowest BCUT2D eigenvalue weighted by molar-refractivity contribution is -0.122. The molecule has 4 nitrogen and oxygen atoms in total. The first-order valence-electron chi connectivity index (χ1n) is 6.10. The van der Waals surface area contributed by atoms with Crippen molar-refractivity contribution in [3.8, 4) is 5.75 Å². The van der Waals surface area contributed by atoms with E-state index < -0.39 is 6.10 Å². The molecule has 1 amide bonds. The van der Waals surface area contributed by atoms with Crippen LogP contribution in [0, 0.1) is 6.92 Å². The molecule has 0 spiro atoms. The number of carbonyl (C=O) groups excluding carboxylic acids is 1. The molecule has 0 radical (unpaired) electrons. The summed E-state index contributed by atoms with van der Waals surface area (Å²) in [6.45, 7) is 3.71. The van der Waals surface area contributed by atoms with Gasteiger partial charge in [-0.3, -0.25) is 4.79 Å². The Morgan fingerprint density at radius 3 is 2.58 bits per heavy atom. The van der Waals surface area contributed by atoms with Crippen LogP contribution in [0.1, 0.15) is 12.5 Å². The van der Waals surface area contributed by atoms with E-state index in [0.29, 0.717) is 11.6 Å². The number of pyridine rings is 1. The van der Waals surface area contributed by atoms with Crippen molar-refractivity contribution in [3.05, 3.63) is 54.2 Å². The third kappa shape index (κ3) is 3.81. The summed E-state index contributed by atoms with van der Waals surface area (Å²) in [6, 6.07) is 12.9. The molecular weight excluding hydrogens is 240 g/mol. The standard InChI is InChI=1S/C15H16N2O2/c1-11-6-8-13(9-7-11)19-12(2)15(18)17-14-5-3-4-10-16-14/h3-10,12H,1-2H3,(H,16,17,18). The molecule has 0 aliphatic heterocycles. The van der Waals surface area contributed by atoms with Crippen molar-refractivity contribution >= 4 is 11.7 Å². The Kier molecular flexibility index (Phi) is 4.13. The van der Waals surface area contributed by atoms with Gasteiger partial charge in [-0.05, 0) is 38.1 Å². The van der Waals surface area contributed by atoms with Crippen LogP contribution in [0.2, 0.25) is 0 Å². The zero-order valence-corrected chi connectivity index (χ0v) is 11.0. The zero-order chi connectivity index (χ0) is 13.7. The lowest BCUT2D eigenvalue weighted by Gasteiger charge is -2.14. The molecule has 2 aromatic rings. The second kappa shape index (κ2) is 6.00. The molecule has 2 rings (SSSR count). The van der Waals surface area contributed by atoms with Crippen LogP contribution in [-0.4, -0.2) is 17.0 Å². The summed E-state index contributed by atoms with van der Waals surface area (Å²) in [5.74, 6) is 0.973. The minimum Gasteiger partial charge on any atom is -0.481 e. The monoisotopic (exact) mass is 256 g/mol. The highest BCUT2D eigenvalue weighted by molar-refractivity contribution is 5.93. The number of hydrogen-bond acceptors (Lipinski definition) is 3. The third-order valence-electron chi connectivity index (χ3n) is 2.62. The molecular formula is C15H16N2O2. The van der Waals surface area contributed by atoms with Crippen LogP contribution in [0.25, 0.3) is 0 Å². The fourth-order valence-electron chi connectivity index (χ4n) is 1.54. The van der Waals surface area contributed by atoms with Gasteiger partial charge in [-0.15, -0.1) is 0 Å². The summed E-state index contributed by atoms with van der Waals surface area (Å²) in [5.41, 5.74) is 1.15. The largest absolute Gasteiger partial charge is 0.481 e. The average Bonchev–Trinajstić information content (AvgIpc) is 2.42. The maximum absolute atomic E-state index is 11.9. The van der Waals surface area contributed by atoms with Gasteiger partial charge in [0.1, 0.15) is 11.6 Å². The van der Waals surface area contributed by atoms with Gasteiger partial charge in [-0.2, -0.15) is 0 Å². The molecule has 0 aliphatic rings. The first kappa shape index (κ1) is 13.1. The van der Waals surface area contributed by atoms with Gasteiger partial charge in [0, 0.05) is 6.20 Å². The van der Waals surface area contributed by atoms with E-state index in [2.05, 4.69) is 10.3 Å². The normalized spacial score (nSPS) is 11.7. The van der Waals surface area contributed by atoms with E-state index in [1.54, 1.807) is 25.3 Å². The summed E-state index contributed by atoms with van der Waals surface area (Å²) in [6.07, 6.45) is 1.05. The van der Waals surface area contributed by atoms with Crippen molar-refractivity contribution < 1.29 is 9.53 Å². The molecule has 98 valence electrons. The summed E-state index contributed by atoms with van der Waals surface area (Å²) >= 11 is 0. The molecule has 1 aromatic carbocycles. The molecule has 1 atom stereocenters. The van der Waals surface area contributed by atoms with Crippen LogP contribution in [0.5, 0.6) is 5.75 Å². The van der Waals surface area contributed by atoms with Crippen molar-refractivity contribution in [2.75, 3.05) is 5.32 Å². The molecule has 0 saturated heterocycles. The Balaban J connectivity index is 1.94. The molecule has 1 aromatic heterocycles. The summed E-state index contributed by atoms with van der Waals surface area (Å²) in [4.78, 5) is 15.9. The number of aromatic nitrogens is 1. The van der Waals surface area contributed by atoms with E-state index in [-0.39, 0.29) is 5.91 Å². The zero-order valence-electron chi connectivity index (χ0n) is 11.0. The molecule has 0 bridgehead atoms. The van der Waals surface area contributed by atoms with E-state index >= 15 is 0 Å². The van der Waals surface area contributed by atoms with Gasteiger partial charge in [-0.25, -0.2) is 4.98 Å². The predicted molar refractivity (Wildman–Crippen MR) is 74.1 cm³/mol. The van der Waals surface area contributed by atoms with Crippen molar-refractivity contribution in [3.63, 3.8) is 0 Å². The smallest absolute Gasteiger partial charge is 0.266 e. The van der Waals surface area contributed by atoms with E-state index in [4.69, 9.17) is 4.74 Å². The number of ether oxygens (including phenoxy) is 1. The summed E-state index contributed by atoms with van der Waals surface area (Å²) in [5, 5.41) is 2.70. The lowest BCUT2D eigenvalue weighted by Crippen LogP contribution is -2.30. The van der Waals surface area contributed by atoms with E-state index in [1.165, 1.54) is 0 Å².